The van der Waals surface area contributed by atoms with Gasteiger partial charge in [0, 0.05) is 25.2 Å². The van der Waals surface area contributed by atoms with Gasteiger partial charge in [0.25, 0.3) is 0 Å². The molecule has 1 N–H and O–H groups in total. The first kappa shape index (κ1) is 19.6. The Labute approximate surface area is 140 Å². The molecule has 0 aliphatic heterocycles. The van der Waals surface area contributed by atoms with E-state index in [9.17, 15) is 13.2 Å². The van der Waals surface area contributed by atoms with Crippen LogP contribution in [0, 0.1) is 19.8 Å². The average molecular weight is 340 g/mol. The molecule has 0 saturated carbocycles. The molecule has 0 aliphatic carbocycles. The third kappa shape index (κ3) is 7.14. The van der Waals surface area contributed by atoms with E-state index in [1.54, 1.807) is 0 Å². The topological polar surface area (TPSA) is 66.5 Å². The van der Waals surface area contributed by atoms with Gasteiger partial charge < -0.3 is 5.32 Å². The van der Waals surface area contributed by atoms with Crippen molar-refractivity contribution in [2.24, 2.45) is 5.92 Å². The molecule has 0 saturated heterocycles. The molecule has 1 aromatic rings. The number of nitrogens with zero attached hydrogens (tertiary/aromatic N) is 1. The minimum Gasteiger partial charge on any atom is -0.326 e. The molecule has 1 aromatic carbocycles. The summed E-state index contributed by atoms with van der Waals surface area (Å²) in [6.45, 7) is 8.66. The molecule has 1 amide bonds. The van der Waals surface area contributed by atoms with Gasteiger partial charge in [0.05, 0.1) is 6.26 Å². The van der Waals surface area contributed by atoms with Crippen LogP contribution in [0.2, 0.25) is 0 Å². The molecule has 0 aliphatic rings. The largest absolute Gasteiger partial charge is 0.326 e. The lowest BCUT2D eigenvalue weighted by molar-refractivity contribution is -0.116. The van der Waals surface area contributed by atoms with Gasteiger partial charge in [0.15, 0.2) is 0 Å². The fraction of sp³-hybridized carbons (Fsp3) is 0.588. The molecule has 0 aromatic heterocycles. The number of carbonyl (C=O) groups is 1. The van der Waals surface area contributed by atoms with E-state index in [4.69, 9.17) is 0 Å². The highest BCUT2D eigenvalue weighted by atomic mass is 32.2. The van der Waals surface area contributed by atoms with Crippen LogP contribution < -0.4 is 5.32 Å². The minimum atomic E-state index is -3.29. The monoisotopic (exact) mass is 340 g/mol. The molecule has 1 rings (SSSR count). The summed E-state index contributed by atoms with van der Waals surface area (Å²) in [7, 11) is -3.29. The van der Waals surface area contributed by atoms with Crippen molar-refractivity contribution in [2.45, 2.75) is 40.5 Å². The number of aryl methyl sites for hydroxylation is 2. The summed E-state index contributed by atoms with van der Waals surface area (Å²) in [6, 6.07) is 5.86. The first-order valence-electron chi connectivity index (χ1n) is 7.92. The SMILES string of the molecule is Cc1ccc(C)c(NC(=O)CCN(CCC(C)C)S(C)(=O)=O)c1. The van der Waals surface area contributed by atoms with Crippen molar-refractivity contribution in [3.8, 4) is 0 Å². The standard InChI is InChI=1S/C17H28N2O3S/c1-13(2)8-10-19(23(5,21)22)11-9-17(20)18-16-12-14(3)6-7-15(16)4/h6-7,12-13H,8-11H2,1-5H3,(H,18,20). The molecule has 0 bridgehead atoms. The summed E-state index contributed by atoms with van der Waals surface area (Å²) in [5.41, 5.74) is 2.84. The van der Waals surface area contributed by atoms with Crippen LogP contribution in [0.1, 0.15) is 37.8 Å². The van der Waals surface area contributed by atoms with Crippen molar-refractivity contribution in [3.05, 3.63) is 29.3 Å². The minimum absolute atomic E-state index is 0.151. The van der Waals surface area contributed by atoms with E-state index in [1.807, 2.05) is 45.9 Å². The van der Waals surface area contributed by atoms with Crippen molar-refractivity contribution in [2.75, 3.05) is 24.7 Å². The highest BCUT2D eigenvalue weighted by molar-refractivity contribution is 7.88. The number of nitrogens with one attached hydrogen (secondary N) is 1. The fourth-order valence-electron chi connectivity index (χ4n) is 2.16. The lowest BCUT2D eigenvalue weighted by Gasteiger charge is -2.20. The van der Waals surface area contributed by atoms with Gasteiger partial charge >= 0.3 is 0 Å². The van der Waals surface area contributed by atoms with Crippen LogP contribution in [0.25, 0.3) is 0 Å². The number of amides is 1. The smallest absolute Gasteiger partial charge is 0.225 e. The molecule has 0 fully saturated rings. The van der Waals surface area contributed by atoms with Crippen molar-refractivity contribution in [3.63, 3.8) is 0 Å². The second-order valence-electron chi connectivity index (χ2n) is 6.46. The van der Waals surface area contributed by atoms with Crippen LogP contribution in [0.15, 0.2) is 18.2 Å². The maximum Gasteiger partial charge on any atom is 0.225 e. The Bertz CT molecular complexity index is 639. The molecule has 0 radical (unpaired) electrons. The zero-order valence-corrected chi connectivity index (χ0v) is 15.5. The summed E-state index contributed by atoms with van der Waals surface area (Å²) < 4.78 is 25.0. The molecule has 0 heterocycles. The lowest BCUT2D eigenvalue weighted by Crippen LogP contribution is -2.34. The summed E-state index contributed by atoms with van der Waals surface area (Å²) in [6.07, 6.45) is 2.13. The van der Waals surface area contributed by atoms with Crippen LogP contribution in [-0.2, 0) is 14.8 Å². The number of benzene rings is 1. The highest BCUT2D eigenvalue weighted by Gasteiger charge is 2.18. The molecule has 0 spiro atoms. The molecular weight excluding hydrogens is 312 g/mol. The molecule has 23 heavy (non-hydrogen) atoms. The summed E-state index contributed by atoms with van der Waals surface area (Å²) in [5.74, 6) is 0.250. The Morgan fingerprint density at radius 3 is 2.43 bits per heavy atom. The number of hydrogen-bond donors (Lipinski definition) is 1. The van der Waals surface area contributed by atoms with Gasteiger partial charge in [-0.15, -0.1) is 0 Å². The van der Waals surface area contributed by atoms with Crippen LogP contribution in [0.3, 0.4) is 0 Å². The number of carbonyl (C=O) groups excluding carboxylic acids is 1. The molecule has 0 unspecified atom stereocenters. The first-order valence-corrected chi connectivity index (χ1v) is 9.76. The Kier molecular flexibility index (Phi) is 7.22. The van der Waals surface area contributed by atoms with Crippen molar-refractivity contribution in [1.29, 1.82) is 0 Å². The van der Waals surface area contributed by atoms with Gasteiger partial charge in [0.2, 0.25) is 15.9 Å². The Hall–Kier alpha value is -1.40. The number of hydrogen-bond acceptors (Lipinski definition) is 3. The van der Waals surface area contributed by atoms with Crippen LogP contribution in [-0.4, -0.2) is 38.0 Å². The molecule has 5 nitrogen and oxygen atoms in total. The van der Waals surface area contributed by atoms with Crippen molar-refractivity contribution < 1.29 is 13.2 Å². The van der Waals surface area contributed by atoms with E-state index in [0.717, 1.165) is 23.2 Å². The van der Waals surface area contributed by atoms with Crippen LogP contribution >= 0.6 is 0 Å². The van der Waals surface area contributed by atoms with E-state index in [-0.39, 0.29) is 18.9 Å². The average Bonchev–Trinajstić information content (AvgIpc) is 2.41. The van der Waals surface area contributed by atoms with Gasteiger partial charge in [0.1, 0.15) is 0 Å². The third-order valence-electron chi connectivity index (χ3n) is 3.68. The maximum atomic E-state index is 12.1. The highest BCUT2D eigenvalue weighted by Crippen LogP contribution is 2.16. The summed E-state index contributed by atoms with van der Waals surface area (Å²) in [4.78, 5) is 12.1. The van der Waals surface area contributed by atoms with Crippen LogP contribution in [0.4, 0.5) is 5.69 Å². The molecular formula is C17H28N2O3S. The number of anilines is 1. The molecule has 0 atom stereocenters. The quantitative estimate of drug-likeness (QED) is 0.791. The molecule has 6 heteroatoms. The second kappa shape index (κ2) is 8.45. The zero-order chi connectivity index (χ0) is 17.6. The van der Waals surface area contributed by atoms with Crippen molar-refractivity contribution in [1.82, 2.24) is 4.31 Å². The Balaban J connectivity index is 2.63. The van der Waals surface area contributed by atoms with Crippen LogP contribution in [0.5, 0.6) is 0 Å². The Morgan fingerprint density at radius 1 is 1.22 bits per heavy atom. The van der Waals surface area contributed by atoms with Gasteiger partial charge in [-0.3, -0.25) is 4.79 Å². The fourth-order valence-corrected chi connectivity index (χ4v) is 3.02. The molecule has 130 valence electrons. The number of sulfonamides is 1. The van der Waals surface area contributed by atoms with E-state index >= 15 is 0 Å². The summed E-state index contributed by atoms with van der Waals surface area (Å²) in [5, 5.41) is 2.86. The first-order chi connectivity index (χ1) is 10.6. The Morgan fingerprint density at radius 2 is 1.87 bits per heavy atom. The van der Waals surface area contributed by atoms with Crippen molar-refractivity contribution >= 4 is 21.6 Å². The van der Waals surface area contributed by atoms with E-state index in [1.165, 1.54) is 10.6 Å². The number of rotatable bonds is 8. The third-order valence-corrected chi connectivity index (χ3v) is 4.98. The summed E-state index contributed by atoms with van der Waals surface area (Å²) >= 11 is 0. The lowest BCUT2D eigenvalue weighted by atomic mass is 10.1. The van der Waals surface area contributed by atoms with Gasteiger partial charge in [-0.05, 0) is 43.4 Å². The van der Waals surface area contributed by atoms with Gasteiger partial charge in [-0.25, -0.2) is 12.7 Å². The van der Waals surface area contributed by atoms with E-state index < -0.39 is 10.0 Å². The zero-order valence-electron chi connectivity index (χ0n) is 14.7. The normalized spacial score (nSPS) is 12.0. The maximum absolute atomic E-state index is 12.1. The predicted octanol–water partition coefficient (Wildman–Crippen LogP) is 2.94. The van der Waals surface area contributed by atoms with E-state index in [0.29, 0.717) is 12.5 Å². The van der Waals surface area contributed by atoms with Gasteiger partial charge in [-0.1, -0.05) is 26.0 Å². The second-order valence-corrected chi connectivity index (χ2v) is 8.44. The van der Waals surface area contributed by atoms with Gasteiger partial charge in [-0.2, -0.15) is 0 Å². The van der Waals surface area contributed by atoms with E-state index in [2.05, 4.69) is 5.32 Å². The predicted molar refractivity (Wildman–Crippen MR) is 95.0 cm³/mol.